The van der Waals surface area contributed by atoms with Gasteiger partial charge in [-0.1, -0.05) is 46.5 Å². The molecule has 4 heteroatoms. The van der Waals surface area contributed by atoms with E-state index >= 15 is 0 Å². The summed E-state index contributed by atoms with van der Waals surface area (Å²) in [5.74, 6) is 5.86. The van der Waals surface area contributed by atoms with Crippen molar-refractivity contribution in [1.82, 2.24) is 0 Å². The molecule has 0 aromatic rings. The summed E-state index contributed by atoms with van der Waals surface area (Å²) in [7, 11) is -0.243. The van der Waals surface area contributed by atoms with Crippen LogP contribution in [0.1, 0.15) is 41.5 Å². The first-order valence-electron chi connectivity index (χ1n) is 7.22. The summed E-state index contributed by atoms with van der Waals surface area (Å²) in [4.78, 5) is 0. The first-order valence-corrected chi connectivity index (χ1v) is 18.9. The quantitative estimate of drug-likeness (QED) is 0.324. The van der Waals surface area contributed by atoms with Crippen molar-refractivity contribution in [3.8, 4) is 0 Å². The molecule has 2 aliphatic rings. The summed E-state index contributed by atoms with van der Waals surface area (Å²) in [6.07, 6.45) is 11.0. The van der Waals surface area contributed by atoms with Crippen LogP contribution in [0.5, 0.6) is 0 Å². The molecule has 22 heavy (non-hydrogen) atoms. The Morgan fingerprint density at radius 2 is 1.45 bits per heavy atom. The first-order chi connectivity index (χ1) is 9.13. The standard InChI is InChI=1S/2C8H11.C2H6Ge.2ClH.Zr/c2*1-6-4-7(2)8(3)5-6;1-3-2;;;/h4,8H,1-3H3;4,6H,1-3H3;1-2H3;2*1H;/q2*-1;;;;+2/p-2. The van der Waals surface area contributed by atoms with E-state index in [1.54, 1.807) is 21.6 Å². The molecule has 0 saturated carbocycles. The predicted octanol–water partition coefficient (Wildman–Crippen LogP) is -0.544. The SMILES string of the molecule is CC1=[C-]C(C)C(C)=C1.CC1=[C-]C(C)C=C1C.[CH3][Ge]([CH3])=[Zr+2].[Cl-].[Cl-]. The van der Waals surface area contributed by atoms with Gasteiger partial charge in [-0.05, 0) is 0 Å². The first kappa shape index (κ1) is 27.8. The maximum Gasteiger partial charge on any atom is -1.00 e. The second-order valence-electron chi connectivity index (χ2n) is 5.85. The molecule has 0 saturated heterocycles. The van der Waals surface area contributed by atoms with E-state index in [0.717, 1.165) is 0 Å². The Balaban J connectivity index is -0.000000249. The molecule has 0 radical (unpaired) electrons. The van der Waals surface area contributed by atoms with Crippen molar-refractivity contribution in [3.05, 3.63) is 46.6 Å². The van der Waals surface area contributed by atoms with E-state index in [1.165, 1.54) is 22.3 Å². The Hall–Kier alpha value is 0.966. The summed E-state index contributed by atoms with van der Waals surface area (Å²) < 4.78 is 0. The van der Waals surface area contributed by atoms with Crippen molar-refractivity contribution in [3.63, 3.8) is 0 Å². The van der Waals surface area contributed by atoms with Gasteiger partial charge >= 0.3 is 43.1 Å². The van der Waals surface area contributed by atoms with Crippen LogP contribution in [0.15, 0.2) is 34.4 Å². The third-order valence-electron chi connectivity index (χ3n) is 3.11. The van der Waals surface area contributed by atoms with Gasteiger partial charge in [-0.25, -0.2) is 22.8 Å². The minimum absolute atomic E-state index is 0. The molecule has 2 atom stereocenters. The van der Waals surface area contributed by atoms with Crippen LogP contribution in [0.25, 0.3) is 0 Å². The van der Waals surface area contributed by atoms with E-state index in [-0.39, 0.29) is 34.8 Å². The Bertz CT molecular complexity index is 451. The second kappa shape index (κ2) is 14.3. The zero-order valence-corrected chi connectivity index (χ0v) is 21.1. The van der Waals surface area contributed by atoms with Gasteiger partial charge < -0.3 is 24.8 Å². The Morgan fingerprint density at radius 1 is 1.00 bits per heavy atom. The summed E-state index contributed by atoms with van der Waals surface area (Å²) in [6, 6.07) is 0. The number of hydrogen-bond donors (Lipinski definition) is 0. The van der Waals surface area contributed by atoms with Gasteiger partial charge in [0.15, 0.2) is 0 Å². The molecule has 2 unspecified atom stereocenters. The average Bonchev–Trinajstić information content (AvgIpc) is 2.70. The molecule has 0 spiro atoms. The van der Waals surface area contributed by atoms with Crippen LogP contribution in [0.2, 0.25) is 11.5 Å². The van der Waals surface area contributed by atoms with E-state index in [4.69, 9.17) is 0 Å². The van der Waals surface area contributed by atoms with Crippen LogP contribution in [0.4, 0.5) is 0 Å². The number of halogens is 2. The fourth-order valence-electron chi connectivity index (χ4n) is 1.96. The largest absolute Gasteiger partial charge is 1.00 e. The van der Waals surface area contributed by atoms with Crippen LogP contribution in [0.3, 0.4) is 0 Å². The number of hydrogen-bond acceptors (Lipinski definition) is 0. The number of allylic oxidation sites excluding steroid dienone is 8. The van der Waals surface area contributed by atoms with Crippen LogP contribution >= 0.6 is 0 Å². The van der Waals surface area contributed by atoms with E-state index in [0.29, 0.717) is 11.8 Å². The minimum atomic E-state index is -0.243. The third kappa shape index (κ3) is 13.4. The summed E-state index contributed by atoms with van der Waals surface area (Å²) in [5, 5.41) is 0. The maximum absolute atomic E-state index is 3.29. The van der Waals surface area contributed by atoms with Gasteiger partial charge in [0, 0.05) is 0 Å². The van der Waals surface area contributed by atoms with Crippen LogP contribution in [-0.2, 0) is 21.6 Å². The molecule has 0 nitrogen and oxygen atoms in total. The summed E-state index contributed by atoms with van der Waals surface area (Å²) in [6.45, 7) is 12.8. The van der Waals surface area contributed by atoms with Gasteiger partial charge in [0.25, 0.3) is 0 Å². The molecule has 0 fully saturated rings. The number of rotatable bonds is 0. The third-order valence-corrected chi connectivity index (χ3v) is 3.11. The molecule has 0 aromatic carbocycles. The van der Waals surface area contributed by atoms with Gasteiger partial charge in [0.05, 0.1) is 0 Å². The second-order valence-corrected chi connectivity index (χ2v) is 22.8. The zero-order valence-electron chi connectivity index (χ0n) is 15.1. The minimum Gasteiger partial charge on any atom is -1.00 e. The van der Waals surface area contributed by atoms with Crippen molar-refractivity contribution >= 4 is 9.98 Å². The van der Waals surface area contributed by atoms with Crippen molar-refractivity contribution in [2.24, 2.45) is 11.8 Å². The smallest absolute Gasteiger partial charge is 1.00 e. The molecule has 0 amide bonds. The molecule has 124 valence electrons. The zero-order chi connectivity index (χ0) is 15.9. The molecule has 0 aliphatic heterocycles. The maximum atomic E-state index is 3.29. The molecule has 2 aliphatic carbocycles. The van der Waals surface area contributed by atoms with Crippen molar-refractivity contribution in [2.75, 3.05) is 0 Å². The van der Waals surface area contributed by atoms with Gasteiger partial charge in [-0.15, -0.1) is 6.92 Å². The van der Waals surface area contributed by atoms with Gasteiger partial charge in [0.2, 0.25) is 0 Å². The van der Waals surface area contributed by atoms with E-state index < -0.39 is 0 Å². The van der Waals surface area contributed by atoms with Crippen LogP contribution < -0.4 is 24.8 Å². The van der Waals surface area contributed by atoms with E-state index in [1.807, 2.05) is 0 Å². The van der Waals surface area contributed by atoms with Crippen molar-refractivity contribution in [2.45, 2.75) is 53.1 Å². The van der Waals surface area contributed by atoms with E-state index in [2.05, 4.69) is 77.4 Å². The molecular weight excluding hydrogens is 451 g/mol. The summed E-state index contributed by atoms with van der Waals surface area (Å²) in [5.41, 5.74) is 5.42. The average molecular weight is 479 g/mol. The normalized spacial score (nSPS) is 21.4. The Morgan fingerprint density at radius 3 is 1.55 bits per heavy atom. The fourth-order valence-corrected chi connectivity index (χ4v) is 1.96. The topological polar surface area (TPSA) is 0 Å². The molecular formula is C18H28Cl2GeZr-2. The van der Waals surface area contributed by atoms with Crippen molar-refractivity contribution < 1.29 is 46.4 Å². The Labute approximate surface area is 166 Å². The molecule has 2 rings (SSSR count). The fraction of sp³-hybridized carbons (Fsp3) is 0.556. The molecule has 0 aromatic heterocycles. The Kier molecular flexibility index (Phi) is 18.1. The predicted molar refractivity (Wildman–Crippen MR) is 88.2 cm³/mol. The van der Waals surface area contributed by atoms with Crippen molar-refractivity contribution in [1.29, 1.82) is 0 Å². The molecule has 0 N–H and O–H groups in total. The van der Waals surface area contributed by atoms with Gasteiger partial charge in [-0.2, -0.15) is 11.6 Å². The van der Waals surface area contributed by atoms with Crippen LogP contribution in [-0.4, -0.2) is 9.98 Å². The monoisotopic (exact) mass is 478 g/mol. The van der Waals surface area contributed by atoms with Gasteiger partial charge in [0.1, 0.15) is 0 Å². The van der Waals surface area contributed by atoms with Gasteiger partial charge in [-0.3, -0.25) is 12.2 Å². The van der Waals surface area contributed by atoms with E-state index in [9.17, 15) is 0 Å². The summed E-state index contributed by atoms with van der Waals surface area (Å²) >= 11 is 1.80. The van der Waals surface area contributed by atoms with Crippen LogP contribution in [0, 0.1) is 24.0 Å². The molecule has 0 heterocycles. The molecule has 0 bridgehead atoms.